The van der Waals surface area contributed by atoms with Gasteiger partial charge in [0.25, 0.3) is 11.1 Å². The summed E-state index contributed by atoms with van der Waals surface area (Å²) in [6.07, 6.45) is 6.28. The number of amidine groups is 2. The molecule has 292 valence electrons. The Balaban J connectivity index is -0.000000142. The van der Waals surface area contributed by atoms with Crippen LogP contribution in [0, 0.1) is 20.2 Å². The predicted molar refractivity (Wildman–Crippen MR) is 184 cm³/mol. The third kappa shape index (κ3) is 14.5. The zero-order chi connectivity index (χ0) is 40.5. The molecule has 2 aromatic heterocycles. The molecular formula is C26H40Cu2N18O6. The molecule has 0 saturated carbocycles. The minimum absolute atomic E-state index is 0. The van der Waals surface area contributed by atoms with E-state index in [4.69, 9.17) is 54.5 Å². The van der Waals surface area contributed by atoms with Crippen molar-refractivity contribution < 1.29 is 63.3 Å². The molecule has 24 nitrogen and oxygen atoms in total. The maximum absolute atomic E-state index is 12.3. The summed E-state index contributed by atoms with van der Waals surface area (Å²) in [6, 6.07) is 6.86. The average molecular weight is 828 g/mol. The molecule has 2 N–H and O–H groups in total. The van der Waals surface area contributed by atoms with Crippen LogP contribution in [0.1, 0.15) is 66.5 Å². The summed E-state index contributed by atoms with van der Waals surface area (Å²) in [5.74, 6) is 0.265. The molecule has 52 heavy (non-hydrogen) atoms. The Labute approximate surface area is 320 Å². The molecule has 0 aliphatic carbocycles. The smallest absolute Gasteiger partial charge is 0.618 e. The van der Waals surface area contributed by atoms with Gasteiger partial charge in [0, 0.05) is 104 Å². The Hall–Kier alpha value is -5.36. The third-order valence-electron chi connectivity index (χ3n) is 7.63. The van der Waals surface area contributed by atoms with Crippen LogP contribution in [0.15, 0.2) is 49.1 Å². The molecule has 2 aliphatic heterocycles. The molecule has 0 aromatic carbocycles. The number of aliphatic hydroxyl groups is 2. The second-order valence-corrected chi connectivity index (χ2v) is 10.9. The summed E-state index contributed by atoms with van der Waals surface area (Å²) in [5.41, 5.74) is 52.0. The normalized spacial score (nSPS) is 15.2. The van der Waals surface area contributed by atoms with Gasteiger partial charge in [-0.25, -0.2) is 0 Å². The largest absolute Gasteiger partial charge is 1.00 e. The van der Waals surface area contributed by atoms with E-state index in [1.807, 2.05) is 0 Å². The van der Waals surface area contributed by atoms with E-state index in [1.54, 1.807) is 92.0 Å². The van der Waals surface area contributed by atoms with Crippen molar-refractivity contribution in [3.8, 4) is 0 Å². The summed E-state index contributed by atoms with van der Waals surface area (Å²) in [6.45, 7) is 14.2. The number of aromatic nitrogens is 2. The van der Waals surface area contributed by atoms with Crippen molar-refractivity contribution in [2.24, 2.45) is 0 Å². The van der Waals surface area contributed by atoms with Crippen LogP contribution in [-0.4, -0.2) is 87.2 Å². The van der Waals surface area contributed by atoms with Crippen LogP contribution in [0.3, 0.4) is 0 Å². The number of nitroso groups, excluding NO2 is 2. The van der Waals surface area contributed by atoms with Crippen LogP contribution < -0.4 is 0 Å². The third-order valence-corrected chi connectivity index (χ3v) is 7.63. The van der Waals surface area contributed by atoms with Gasteiger partial charge >= 0.3 is 45.8 Å². The summed E-state index contributed by atoms with van der Waals surface area (Å²) < 4.78 is 3.15. The SMILES string of the molecule is CC1(C)[N+](=O)C(c2cccnc2)=[N+]([O-])C1(C)C.CC1(C)[N+](=O)C(c2cccnc2)=[N+]([O-])C1(C)C.CO.CO.[Cu+].[Cu+].[N-]=[N+]=[N-].[N-]=[N+]=[N-].[N-]=[N+]=[N-].[N-]=[N+]=[N-]. The maximum atomic E-state index is 12.3. The molecule has 0 amide bonds. The monoisotopic (exact) mass is 826 g/mol. The summed E-state index contributed by atoms with van der Waals surface area (Å²) in [5, 5.41) is 38.5. The summed E-state index contributed by atoms with van der Waals surface area (Å²) in [7, 11) is 2.00. The molecule has 4 rings (SSSR count). The van der Waals surface area contributed by atoms with E-state index in [9.17, 15) is 20.2 Å². The van der Waals surface area contributed by atoms with E-state index in [1.165, 1.54) is 32.0 Å². The first-order valence-corrected chi connectivity index (χ1v) is 13.5. The van der Waals surface area contributed by atoms with Crippen molar-refractivity contribution in [3.63, 3.8) is 0 Å². The van der Waals surface area contributed by atoms with Crippen LogP contribution >= 0.6 is 0 Å². The average Bonchev–Trinajstić information content (AvgIpc) is 3.28. The van der Waals surface area contributed by atoms with Gasteiger partial charge < -0.3 is 64.9 Å². The van der Waals surface area contributed by atoms with E-state index >= 15 is 0 Å². The Kier molecular flexibility index (Phi) is 32.1. The molecule has 2 aromatic rings. The first-order valence-electron chi connectivity index (χ1n) is 13.5. The molecule has 2 aliphatic rings. The molecule has 0 unspecified atom stereocenters. The molecule has 0 radical (unpaired) electrons. The van der Waals surface area contributed by atoms with Gasteiger partial charge in [0.05, 0.1) is 0 Å². The number of hydrogen-bond acceptors (Lipinski definition) is 8. The fraction of sp³-hybridized carbons (Fsp3) is 0.538. The molecule has 4 heterocycles. The van der Waals surface area contributed by atoms with Gasteiger partial charge in [0.1, 0.15) is 20.6 Å². The van der Waals surface area contributed by atoms with Gasteiger partial charge in [-0.15, -0.1) is 9.48 Å². The standard InChI is InChI=1S/2C12H16N3O2.2CH4O.2Cu.4N3/c2*1-11(2)12(3,4)15(17)10(14(11)16)9-6-5-7-13-8-9;2*1-2;;;4*1-3-2/h2*5-8H,1-4H3;2*2H,1H3;;;;;;/q2*+1;;;2*+1;4*-1. The minimum atomic E-state index is -0.778. The van der Waals surface area contributed by atoms with Crippen LogP contribution in [0.5, 0.6) is 0 Å². The first-order chi connectivity index (χ1) is 23.3. The van der Waals surface area contributed by atoms with Gasteiger partial charge in [-0.05, 0) is 24.3 Å². The van der Waals surface area contributed by atoms with Gasteiger partial charge in [-0.1, -0.05) is 0 Å². The zero-order valence-corrected chi connectivity index (χ0v) is 31.7. The maximum Gasteiger partial charge on any atom is 1.00 e. The van der Waals surface area contributed by atoms with Crippen molar-refractivity contribution in [2.45, 2.75) is 77.5 Å². The van der Waals surface area contributed by atoms with Crippen molar-refractivity contribution in [2.75, 3.05) is 14.2 Å². The van der Waals surface area contributed by atoms with E-state index in [2.05, 4.69) is 9.97 Å². The van der Waals surface area contributed by atoms with Crippen molar-refractivity contribution >= 4 is 11.7 Å². The van der Waals surface area contributed by atoms with Gasteiger partial charge in [-0.3, -0.25) is 29.6 Å². The molecule has 0 atom stereocenters. The zero-order valence-electron chi connectivity index (χ0n) is 29.8. The van der Waals surface area contributed by atoms with Crippen LogP contribution in [0.2, 0.25) is 0 Å². The molecule has 26 heteroatoms. The van der Waals surface area contributed by atoms with E-state index in [0.29, 0.717) is 11.1 Å². The second kappa shape index (κ2) is 28.3. The minimum Gasteiger partial charge on any atom is -0.618 e. The summed E-state index contributed by atoms with van der Waals surface area (Å²) >= 11 is 0. The number of pyridine rings is 2. The fourth-order valence-electron chi connectivity index (χ4n) is 3.68. The Morgan fingerprint density at radius 2 is 0.750 bits per heavy atom. The number of hydrogen-bond donors (Lipinski definition) is 2. The topological polar surface area (TPSA) is 393 Å². The fourth-order valence-corrected chi connectivity index (χ4v) is 3.68. The van der Waals surface area contributed by atoms with Gasteiger partial charge in [-0.2, -0.15) is 0 Å². The van der Waals surface area contributed by atoms with Crippen molar-refractivity contribution in [3.05, 3.63) is 144 Å². The van der Waals surface area contributed by atoms with E-state index in [-0.39, 0.29) is 45.8 Å². The number of nitrogens with zero attached hydrogens (tertiary/aromatic N) is 18. The van der Waals surface area contributed by atoms with Gasteiger partial charge in [0.2, 0.25) is 11.1 Å². The molecule has 0 bridgehead atoms. The Morgan fingerprint density at radius 1 is 0.538 bits per heavy atom. The number of rotatable bonds is 2. The van der Waals surface area contributed by atoms with Crippen molar-refractivity contribution in [1.29, 1.82) is 0 Å². The molecule has 0 fully saturated rings. The van der Waals surface area contributed by atoms with E-state index in [0.717, 1.165) is 33.2 Å². The quantitative estimate of drug-likeness (QED) is 0.0893. The number of hydroxylamine groups is 2. The van der Waals surface area contributed by atoms with Gasteiger partial charge in [0.15, 0.2) is 0 Å². The predicted octanol–water partition coefficient (Wildman–Crippen LogP) is 6.05. The van der Waals surface area contributed by atoms with Crippen LogP contribution in [-0.2, 0) is 34.1 Å². The van der Waals surface area contributed by atoms with Crippen LogP contribution in [0.25, 0.3) is 63.9 Å². The molecule has 0 saturated heterocycles. The second-order valence-electron chi connectivity index (χ2n) is 10.9. The molecular weight excluding hydrogens is 787 g/mol. The molecule has 0 spiro atoms. The number of aliphatic hydroxyl groups excluding tert-OH is 2. The van der Waals surface area contributed by atoms with E-state index < -0.39 is 22.2 Å². The van der Waals surface area contributed by atoms with Crippen LogP contribution in [0.4, 0.5) is 0 Å². The van der Waals surface area contributed by atoms with Crippen molar-refractivity contribution in [1.82, 2.24) is 9.97 Å². The first kappa shape index (κ1) is 58.8. The Morgan fingerprint density at radius 3 is 0.885 bits per heavy atom. The Bertz CT molecular complexity index is 1450. The summed E-state index contributed by atoms with van der Waals surface area (Å²) in [4.78, 5) is 38.4.